The van der Waals surface area contributed by atoms with Crippen LogP contribution in [0, 0.1) is 10.4 Å². The third kappa shape index (κ3) is 1.94. The van der Waals surface area contributed by atoms with E-state index in [4.69, 9.17) is 10.2 Å². The van der Waals surface area contributed by atoms with Gasteiger partial charge in [0.2, 0.25) is 0 Å². The molecule has 6 nitrogen and oxygen atoms in total. The zero-order valence-electron chi connectivity index (χ0n) is 6.35. The van der Waals surface area contributed by atoms with Gasteiger partial charge in [-0.05, 0) is 6.07 Å². The third-order valence-corrected chi connectivity index (χ3v) is 1.46. The minimum Gasteiger partial charge on any atom is -0.628 e. The van der Waals surface area contributed by atoms with Crippen LogP contribution in [0.2, 0.25) is 0 Å². The molecule has 70 valence electrons. The first kappa shape index (κ1) is 9.46. The second-order valence-electron chi connectivity index (χ2n) is 2.32. The maximum absolute atomic E-state index is 10.4. The molecule has 0 aliphatic rings. The quantitative estimate of drug-likeness (QED) is 0.428. The first-order valence-electron chi connectivity index (χ1n) is 3.30. The average Bonchev–Trinajstić information content (AvgIpc) is 2.04. The van der Waals surface area contributed by atoms with Crippen LogP contribution in [0.5, 0.6) is 5.75 Å². The minimum atomic E-state index is -1.48. The van der Waals surface area contributed by atoms with Crippen LogP contribution in [0.4, 0.5) is 5.69 Å². The number of rotatable bonds is 2. The van der Waals surface area contributed by atoms with Crippen molar-refractivity contribution in [3.05, 3.63) is 34.2 Å². The zero-order chi connectivity index (χ0) is 10.0. The summed E-state index contributed by atoms with van der Waals surface area (Å²) in [5, 5.41) is 36.6. The first-order chi connectivity index (χ1) is 6.02. The monoisotopic (exact) mass is 184 g/mol. The molecule has 0 amide bonds. The molecule has 0 aromatic heterocycles. The Hall–Kier alpha value is -1.63. The number of carboxylic acid groups (broad SMARTS) is 1. The molecular weight excluding hydrogens is 178 g/mol. The molecule has 0 radical (unpaired) electrons. The predicted octanol–water partition coefficient (Wildman–Crippen LogP) is -0.398. The van der Waals surface area contributed by atoms with Gasteiger partial charge in [0.15, 0.2) is 0 Å². The Kier molecular flexibility index (Phi) is 2.47. The van der Waals surface area contributed by atoms with Gasteiger partial charge in [-0.2, -0.15) is 0 Å². The number of quaternary nitrogens is 1. The van der Waals surface area contributed by atoms with E-state index in [0.29, 0.717) is 0 Å². The Balaban J connectivity index is 3.19. The molecule has 0 saturated carbocycles. The number of carboxylic acids is 1. The van der Waals surface area contributed by atoms with Gasteiger partial charge in [-0.1, -0.05) is 0 Å². The number of nitrogens with one attached hydrogen (secondary N) is 1. The molecule has 3 N–H and O–H groups in total. The second kappa shape index (κ2) is 3.40. The molecule has 0 aliphatic heterocycles. The van der Waals surface area contributed by atoms with Crippen molar-refractivity contribution < 1.29 is 20.2 Å². The minimum absolute atomic E-state index is 0.282. The highest BCUT2D eigenvalue weighted by Crippen LogP contribution is 2.19. The molecule has 6 heteroatoms. The van der Waals surface area contributed by atoms with Crippen LogP contribution in [0.15, 0.2) is 18.2 Å². The van der Waals surface area contributed by atoms with Crippen molar-refractivity contribution in [3.8, 4) is 5.75 Å². The molecule has 0 saturated heterocycles. The van der Waals surface area contributed by atoms with Crippen molar-refractivity contribution in [2.75, 3.05) is 0 Å². The summed E-state index contributed by atoms with van der Waals surface area (Å²) < 4.78 is 0. The van der Waals surface area contributed by atoms with Gasteiger partial charge >= 0.3 is 5.97 Å². The molecule has 0 atom stereocenters. The van der Waals surface area contributed by atoms with Crippen molar-refractivity contribution >= 4 is 11.7 Å². The summed E-state index contributed by atoms with van der Waals surface area (Å²) in [6.45, 7) is 0. The highest BCUT2D eigenvalue weighted by Gasteiger charge is 2.10. The lowest BCUT2D eigenvalue weighted by molar-refractivity contribution is -0.715. The van der Waals surface area contributed by atoms with Crippen molar-refractivity contribution in [2.24, 2.45) is 0 Å². The fourth-order valence-electron chi connectivity index (χ4n) is 0.834. The Labute approximate surface area is 72.8 Å². The molecule has 0 spiro atoms. The van der Waals surface area contributed by atoms with Gasteiger partial charge in [0.25, 0.3) is 0 Å². The lowest BCUT2D eigenvalue weighted by Crippen LogP contribution is -2.96. The van der Waals surface area contributed by atoms with E-state index in [-0.39, 0.29) is 5.69 Å². The number of aromatic carboxylic acids is 1. The van der Waals surface area contributed by atoms with E-state index in [1.165, 1.54) is 0 Å². The summed E-state index contributed by atoms with van der Waals surface area (Å²) >= 11 is 0. The zero-order valence-corrected chi connectivity index (χ0v) is 6.35. The summed E-state index contributed by atoms with van der Waals surface area (Å²) in [7, 11) is 0. The lowest BCUT2D eigenvalue weighted by Gasteiger charge is -2.24. The number of carbonyl (C=O) groups is 1. The van der Waals surface area contributed by atoms with Gasteiger partial charge < -0.3 is 25.9 Å². The van der Waals surface area contributed by atoms with Crippen molar-refractivity contribution in [3.63, 3.8) is 0 Å². The van der Waals surface area contributed by atoms with Gasteiger partial charge in [-0.25, -0.2) is 4.79 Å². The second-order valence-corrected chi connectivity index (χ2v) is 2.32. The van der Waals surface area contributed by atoms with Gasteiger partial charge in [-0.15, -0.1) is 0 Å². The molecule has 1 aromatic rings. The average molecular weight is 184 g/mol. The Morgan fingerprint density at radius 3 is 2.46 bits per heavy atom. The van der Waals surface area contributed by atoms with Gasteiger partial charge in [0.05, 0.1) is 0 Å². The SMILES string of the molecule is O=C(O)c1cc([NH+]([O-])[O-])ccc1O. The van der Waals surface area contributed by atoms with Crippen molar-refractivity contribution in [1.82, 2.24) is 0 Å². The summed E-state index contributed by atoms with van der Waals surface area (Å²) in [4.78, 5) is 10.4. The number of hydrogen-bond donors (Lipinski definition) is 3. The predicted molar refractivity (Wildman–Crippen MR) is 42.4 cm³/mol. The van der Waals surface area contributed by atoms with E-state index in [2.05, 4.69) is 0 Å². The molecule has 13 heavy (non-hydrogen) atoms. The maximum Gasteiger partial charge on any atom is 0.339 e. The number of phenols is 1. The van der Waals surface area contributed by atoms with Crippen LogP contribution in [-0.2, 0) is 0 Å². The number of hydrogen-bond acceptors (Lipinski definition) is 4. The molecule has 1 aromatic carbocycles. The van der Waals surface area contributed by atoms with Gasteiger partial charge in [-0.3, -0.25) is 0 Å². The van der Waals surface area contributed by atoms with Crippen LogP contribution in [0.3, 0.4) is 0 Å². The van der Waals surface area contributed by atoms with Crippen molar-refractivity contribution in [1.29, 1.82) is 0 Å². The molecule has 1 rings (SSSR count). The maximum atomic E-state index is 10.4. The van der Waals surface area contributed by atoms with E-state index in [1.807, 2.05) is 0 Å². The Bertz CT molecular complexity index is 336. The summed E-state index contributed by atoms with van der Waals surface area (Å²) in [5.41, 5.74) is -0.739. The highest BCUT2D eigenvalue weighted by molar-refractivity contribution is 5.91. The lowest BCUT2D eigenvalue weighted by atomic mass is 10.2. The largest absolute Gasteiger partial charge is 0.628 e. The highest BCUT2D eigenvalue weighted by atomic mass is 16.8. The van der Waals surface area contributed by atoms with Crippen molar-refractivity contribution in [2.45, 2.75) is 0 Å². The van der Waals surface area contributed by atoms with E-state index in [9.17, 15) is 15.2 Å². The first-order valence-corrected chi connectivity index (χ1v) is 3.30. The summed E-state index contributed by atoms with van der Waals surface area (Å²) in [6.07, 6.45) is 0. The van der Waals surface area contributed by atoms with Crippen LogP contribution in [-0.4, -0.2) is 16.2 Å². The smallest absolute Gasteiger partial charge is 0.339 e. The molecule has 0 fully saturated rings. The summed E-state index contributed by atoms with van der Waals surface area (Å²) in [5.74, 6) is -1.86. The van der Waals surface area contributed by atoms with Gasteiger partial charge in [0.1, 0.15) is 17.0 Å². The topological polar surface area (TPSA) is 108 Å². The van der Waals surface area contributed by atoms with E-state index in [1.54, 1.807) is 0 Å². The fraction of sp³-hybridized carbons (Fsp3) is 0. The van der Waals surface area contributed by atoms with E-state index < -0.39 is 22.5 Å². The normalized spacial score (nSPS) is 10.4. The molecule has 0 aliphatic carbocycles. The van der Waals surface area contributed by atoms with Crippen LogP contribution in [0.25, 0.3) is 0 Å². The Morgan fingerprint density at radius 2 is 2.00 bits per heavy atom. The van der Waals surface area contributed by atoms with E-state index in [0.717, 1.165) is 18.2 Å². The third-order valence-electron chi connectivity index (χ3n) is 1.46. The Morgan fingerprint density at radius 1 is 1.38 bits per heavy atom. The summed E-state index contributed by atoms with van der Waals surface area (Å²) in [6, 6.07) is 2.90. The van der Waals surface area contributed by atoms with Crippen LogP contribution < -0.4 is 5.23 Å². The van der Waals surface area contributed by atoms with Crippen LogP contribution in [0.1, 0.15) is 10.4 Å². The molecule has 0 heterocycles. The van der Waals surface area contributed by atoms with Gasteiger partial charge in [0, 0.05) is 12.1 Å². The number of aromatic hydroxyl groups is 1. The molecular formula is C7H6NO5-. The standard InChI is InChI=1S/C7H6NO5/c9-6-2-1-4(8(12)13)3-5(6)7(10)11/h1-3,8-9H,(H,10,11)/q-1. The van der Waals surface area contributed by atoms with Crippen LogP contribution >= 0.6 is 0 Å². The molecule has 0 bridgehead atoms. The van der Waals surface area contributed by atoms with E-state index >= 15 is 0 Å². The fourth-order valence-corrected chi connectivity index (χ4v) is 0.834. The molecule has 0 unspecified atom stereocenters. The number of benzene rings is 1.